The van der Waals surface area contributed by atoms with Crippen LogP contribution in [0.5, 0.6) is 5.75 Å². The van der Waals surface area contributed by atoms with Crippen molar-refractivity contribution in [1.82, 2.24) is 14.7 Å². The average molecular weight is 458 g/mol. The molecule has 0 bridgehead atoms. The number of likely N-dealkylation sites (tertiary alicyclic amines) is 3. The second kappa shape index (κ2) is 9.83. The Labute approximate surface area is 200 Å². The fraction of sp³-hybridized carbons (Fsp3) is 0.741. The first-order chi connectivity index (χ1) is 15.6. The Morgan fingerprint density at radius 1 is 1.06 bits per heavy atom. The Morgan fingerprint density at radius 3 is 2.42 bits per heavy atom. The summed E-state index contributed by atoms with van der Waals surface area (Å²) in [5.41, 5.74) is 2.30. The van der Waals surface area contributed by atoms with E-state index in [0.717, 1.165) is 70.7 Å². The summed E-state index contributed by atoms with van der Waals surface area (Å²) in [6, 6.07) is 6.70. The minimum atomic E-state index is -0.443. The number of rotatable bonds is 4. The summed E-state index contributed by atoms with van der Waals surface area (Å²) < 4.78 is 12.2. The van der Waals surface area contributed by atoms with E-state index in [4.69, 9.17) is 9.47 Å². The molecule has 3 aliphatic rings. The van der Waals surface area contributed by atoms with Crippen molar-refractivity contribution in [2.24, 2.45) is 0 Å². The Morgan fingerprint density at radius 2 is 1.76 bits per heavy atom. The van der Waals surface area contributed by atoms with Gasteiger partial charge in [-0.2, -0.15) is 0 Å². The Hall–Kier alpha value is -1.79. The molecule has 0 saturated carbocycles. The molecule has 1 aromatic carbocycles. The van der Waals surface area contributed by atoms with Gasteiger partial charge in [0.1, 0.15) is 17.5 Å². The smallest absolute Gasteiger partial charge is 0.410 e. The lowest BCUT2D eigenvalue weighted by atomic mass is 9.84. The first-order valence-corrected chi connectivity index (χ1v) is 12.8. The van der Waals surface area contributed by atoms with Crippen LogP contribution in [0.3, 0.4) is 0 Å². The van der Waals surface area contributed by atoms with Gasteiger partial charge in [0.15, 0.2) is 0 Å². The topological polar surface area (TPSA) is 45.3 Å². The number of benzene rings is 1. The van der Waals surface area contributed by atoms with Gasteiger partial charge in [0.25, 0.3) is 0 Å². The number of carbonyl (C=O) groups is 1. The van der Waals surface area contributed by atoms with E-state index in [1.54, 1.807) is 0 Å². The van der Waals surface area contributed by atoms with Gasteiger partial charge in [-0.1, -0.05) is 12.1 Å². The number of piperidine rings is 2. The van der Waals surface area contributed by atoms with Gasteiger partial charge in [-0.05, 0) is 91.4 Å². The highest BCUT2D eigenvalue weighted by atomic mass is 16.6. The number of ether oxygens (including phenoxy) is 2. The van der Waals surface area contributed by atoms with Crippen LogP contribution in [0.4, 0.5) is 4.79 Å². The SMILES string of the molecule is Cc1ccc(CN2CCCC23CCN(C(=O)OC(C)(C)C)CC3)c(OC2CCN(C)CC2)c1. The lowest BCUT2D eigenvalue weighted by Crippen LogP contribution is -2.53. The molecular formula is C27H43N3O3. The van der Waals surface area contributed by atoms with Gasteiger partial charge in [-0.3, -0.25) is 4.90 Å². The molecule has 0 aliphatic carbocycles. The zero-order valence-corrected chi connectivity index (χ0v) is 21.4. The van der Waals surface area contributed by atoms with Crippen LogP contribution in [0, 0.1) is 6.92 Å². The Balaban J connectivity index is 1.41. The maximum Gasteiger partial charge on any atom is 0.410 e. The molecule has 1 amide bonds. The zero-order valence-electron chi connectivity index (χ0n) is 21.4. The summed E-state index contributed by atoms with van der Waals surface area (Å²) in [7, 11) is 2.19. The number of amides is 1. The average Bonchev–Trinajstić information content (AvgIpc) is 3.12. The number of hydrogen-bond donors (Lipinski definition) is 0. The summed E-state index contributed by atoms with van der Waals surface area (Å²) in [5, 5.41) is 0. The first-order valence-electron chi connectivity index (χ1n) is 12.8. The molecule has 1 aromatic rings. The third-order valence-corrected chi connectivity index (χ3v) is 7.63. The summed E-state index contributed by atoms with van der Waals surface area (Å²) in [6.45, 7) is 13.8. The molecule has 33 heavy (non-hydrogen) atoms. The van der Waals surface area contributed by atoms with Crippen molar-refractivity contribution in [3.8, 4) is 5.75 Å². The van der Waals surface area contributed by atoms with Crippen LogP contribution in [-0.2, 0) is 11.3 Å². The van der Waals surface area contributed by atoms with Crippen LogP contribution < -0.4 is 4.74 Å². The number of nitrogens with zero attached hydrogens (tertiary/aromatic N) is 3. The molecular weight excluding hydrogens is 414 g/mol. The minimum Gasteiger partial charge on any atom is -0.490 e. The van der Waals surface area contributed by atoms with Gasteiger partial charge in [0, 0.05) is 43.8 Å². The molecule has 0 unspecified atom stereocenters. The van der Waals surface area contributed by atoms with Crippen molar-refractivity contribution in [2.75, 3.05) is 39.8 Å². The minimum absolute atomic E-state index is 0.172. The van der Waals surface area contributed by atoms with Crippen molar-refractivity contribution >= 4 is 6.09 Å². The lowest BCUT2D eigenvalue weighted by molar-refractivity contribution is 0.00146. The zero-order chi connectivity index (χ0) is 23.6. The van der Waals surface area contributed by atoms with Crippen molar-refractivity contribution in [3.05, 3.63) is 29.3 Å². The predicted molar refractivity (Wildman–Crippen MR) is 132 cm³/mol. The van der Waals surface area contributed by atoms with Crippen molar-refractivity contribution in [2.45, 2.75) is 90.0 Å². The maximum absolute atomic E-state index is 12.5. The van der Waals surface area contributed by atoms with Crippen LogP contribution >= 0.6 is 0 Å². The predicted octanol–water partition coefficient (Wildman–Crippen LogP) is 4.83. The van der Waals surface area contributed by atoms with Gasteiger partial charge in [0.05, 0.1) is 0 Å². The quantitative estimate of drug-likeness (QED) is 0.648. The van der Waals surface area contributed by atoms with Crippen molar-refractivity contribution in [3.63, 3.8) is 0 Å². The van der Waals surface area contributed by atoms with Crippen LogP contribution in [0.25, 0.3) is 0 Å². The molecule has 0 radical (unpaired) electrons. The highest BCUT2D eigenvalue weighted by molar-refractivity contribution is 5.68. The third kappa shape index (κ3) is 6.02. The summed E-state index contributed by atoms with van der Waals surface area (Å²) in [4.78, 5) is 19.5. The first kappa shape index (κ1) is 24.3. The normalized spacial score (nSPS) is 22.6. The maximum atomic E-state index is 12.5. The van der Waals surface area contributed by atoms with E-state index < -0.39 is 5.60 Å². The second-order valence-corrected chi connectivity index (χ2v) is 11.4. The standard InChI is InChI=1S/C27H43N3O3/c1-21-7-8-22(24(19-21)32-23-9-15-28(5)16-10-23)20-30-14-6-11-27(30)12-17-29(18-13-27)25(31)33-26(2,3)4/h7-8,19,23H,6,9-18,20H2,1-5H3. The fourth-order valence-corrected chi connectivity index (χ4v) is 5.63. The second-order valence-electron chi connectivity index (χ2n) is 11.4. The van der Waals surface area contributed by atoms with Crippen LogP contribution in [-0.4, -0.2) is 77.8 Å². The fourth-order valence-electron chi connectivity index (χ4n) is 5.63. The van der Waals surface area contributed by atoms with Crippen LogP contribution in [0.1, 0.15) is 70.4 Å². The Bertz CT molecular complexity index is 818. The van der Waals surface area contributed by atoms with E-state index in [9.17, 15) is 4.79 Å². The summed E-state index contributed by atoms with van der Waals surface area (Å²) in [6.07, 6.45) is 6.80. The van der Waals surface area contributed by atoms with Gasteiger partial charge < -0.3 is 19.3 Å². The molecule has 3 heterocycles. The highest BCUT2D eigenvalue weighted by Gasteiger charge is 2.44. The van der Waals surface area contributed by atoms with Gasteiger partial charge in [-0.15, -0.1) is 0 Å². The van der Waals surface area contributed by atoms with Crippen molar-refractivity contribution < 1.29 is 14.3 Å². The van der Waals surface area contributed by atoms with Gasteiger partial charge >= 0.3 is 6.09 Å². The van der Waals surface area contributed by atoms with Gasteiger partial charge in [-0.25, -0.2) is 4.79 Å². The molecule has 6 nitrogen and oxygen atoms in total. The molecule has 0 aromatic heterocycles. The van der Waals surface area contributed by atoms with E-state index >= 15 is 0 Å². The largest absolute Gasteiger partial charge is 0.490 e. The molecule has 3 saturated heterocycles. The van der Waals surface area contributed by atoms with E-state index in [1.165, 1.54) is 24.0 Å². The molecule has 3 aliphatic heterocycles. The molecule has 0 N–H and O–H groups in total. The van der Waals surface area contributed by atoms with E-state index in [-0.39, 0.29) is 11.6 Å². The number of hydrogen-bond acceptors (Lipinski definition) is 5. The summed E-state index contributed by atoms with van der Waals surface area (Å²) >= 11 is 0. The molecule has 4 rings (SSSR count). The monoisotopic (exact) mass is 457 g/mol. The van der Waals surface area contributed by atoms with Crippen LogP contribution in [0.2, 0.25) is 0 Å². The summed E-state index contributed by atoms with van der Waals surface area (Å²) in [5.74, 6) is 1.07. The van der Waals surface area contributed by atoms with E-state index in [1.807, 2.05) is 25.7 Å². The Kier molecular flexibility index (Phi) is 7.25. The van der Waals surface area contributed by atoms with Gasteiger partial charge in [0.2, 0.25) is 0 Å². The molecule has 184 valence electrons. The molecule has 3 fully saturated rings. The van der Waals surface area contributed by atoms with E-state index in [0.29, 0.717) is 6.10 Å². The molecule has 6 heteroatoms. The molecule has 0 atom stereocenters. The number of carbonyl (C=O) groups excluding carboxylic acids is 1. The lowest BCUT2D eigenvalue weighted by Gasteiger charge is -2.45. The third-order valence-electron chi connectivity index (χ3n) is 7.63. The van der Waals surface area contributed by atoms with Crippen molar-refractivity contribution in [1.29, 1.82) is 0 Å². The van der Waals surface area contributed by atoms with Crippen LogP contribution in [0.15, 0.2) is 18.2 Å². The molecule has 1 spiro atoms. The van der Waals surface area contributed by atoms with E-state index in [2.05, 4.69) is 42.0 Å². The highest BCUT2D eigenvalue weighted by Crippen LogP contribution is 2.40. The number of aryl methyl sites for hydroxylation is 1.